The highest BCUT2D eigenvalue weighted by atomic mass is 19.4. The SMILES string of the molecule is OC[C@]1(NCc2ccccc2)CCC2=CCC(=c3nnc(=C4C=C(C(F)(F)F)C(OCc5ccccc5)=CC4)o3)C=C2C1. The van der Waals surface area contributed by atoms with E-state index in [1.54, 1.807) is 12.1 Å². The third-order valence-corrected chi connectivity index (χ3v) is 8.15. The van der Waals surface area contributed by atoms with Crippen LogP contribution < -0.4 is 16.4 Å². The van der Waals surface area contributed by atoms with Gasteiger partial charge in [0, 0.05) is 23.2 Å². The van der Waals surface area contributed by atoms with Gasteiger partial charge in [-0.1, -0.05) is 66.7 Å². The van der Waals surface area contributed by atoms with Gasteiger partial charge in [-0.05, 0) is 72.6 Å². The fraction of sp³-hybridized carbons (Fsp3) is 0.294. The van der Waals surface area contributed by atoms with E-state index in [9.17, 15) is 18.3 Å². The second-order valence-electron chi connectivity index (χ2n) is 11.1. The Morgan fingerprint density at radius 1 is 0.860 bits per heavy atom. The fourth-order valence-corrected chi connectivity index (χ4v) is 5.70. The highest BCUT2D eigenvalue weighted by Gasteiger charge is 2.39. The summed E-state index contributed by atoms with van der Waals surface area (Å²) in [5.41, 5.74) is 4.32. The molecule has 9 heteroatoms. The Labute approximate surface area is 247 Å². The number of benzene rings is 2. The van der Waals surface area contributed by atoms with Crippen molar-refractivity contribution in [1.82, 2.24) is 15.5 Å². The van der Waals surface area contributed by atoms with Crippen LogP contribution in [-0.4, -0.2) is 33.6 Å². The van der Waals surface area contributed by atoms with E-state index in [1.165, 1.54) is 11.6 Å². The summed E-state index contributed by atoms with van der Waals surface area (Å²) < 4.78 is 53.5. The number of ether oxygens (including phenoxy) is 1. The molecule has 2 aromatic carbocycles. The van der Waals surface area contributed by atoms with Crippen LogP contribution in [0.1, 0.15) is 43.2 Å². The Balaban J connectivity index is 1.24. The van der Waals surface area contributed by atoms with Crippen LogP contribution >= 0.6 is 0 Å². The van der Waals surface area contributed by atoms with Crippen molar-refractivity contribution in [2.24, 2.45) is 0 Å². The molecule has 1 saturated carbocycles. The zero-order valence-corrected chi connectivity index (χ0v) is 23.5. The van der Waals surface area contributed by atoms with Crippen molar-refractivity contribution >= 4 is 11.1 Å². The monoisotopic (exact) mass is 587 g/mol. The van der Waals surface area contributed by atoms with E-state index in [0.717, 1.165) is 41.2 Å². The molecule has 222 valence electrons. The van der Waals surface area contributed by atoms with Gasteiger partial charge in [-0.3, -0.25) is 0 Å². The number of alkyl halides is 3. The van der Waals surface area contributed by atoms with Crippen LogP contribution in [0.2, 0.25) is 0 Å². The molecule has 0 radical (unpaired) electrons. The molecular formula is C34H32F3N3O3. The largest absolute Gasteiger partial charge is 0.489 e. The molecule has 0 amide bonds. The van der Waals surface area contributed by atoms with E-state index >= 15 is 0 Å². The minimum absolute atomic E-state index is 0.00124. The lowest BCUT2D eigenvalue weighted by molar-refractivity contribution is -0.0943. The average molecular weight is 588 g/mol. The molecule has 0 aliphatic heterocycles. The molecule has 0 saturated heterocycles. The first-order chi connectivity index (χ1) is 20.8. The average Bonchev–Trinajstić information content (AvgIpc) is 3.53. The minimum Gasteiger partial charge on any atom is -0.489 e. The van der Waals surface area contributed by atoms with Crippen molar-refractivity contribution < 1.29 is 27.4 Å². The van der Waals surface area contributed by atoms with Gasteiger partial charge in [0.15, 0.2) is 0 Å². The summed E-state index contributed by atoms with van der Waals surface area (Å²) in [4.78, 5) is 0. The van der Waals surface area contributed by atoms with E-state index in [2.05, 4.69) is 33.7 Å². The van der Waals surface area contributed by atoms with Crippen LogP contribution in [0.5, 0.6) is 0 Å². The summed E-state index contributed by atoms with van der Waals surface area (Å²) in [6.45, 7) is 0.681. The van der Waals surface area contributed by atoms with E-state index in [4.69, 9.17) is 9.15 Å². The van der Waals surface area contributed by atoms with Gasteiger partial charge in [-0.25, -0.2) is 0 Å². The minimum atomic E-state index is -4.62. The Morgan fingerprint density at radius 3 is 2.19 bits per heavy atom. The third-order valence-electron chi connectivity index (χ3n) is 8.15. The Hall–Kier alpha value is -4.21. The Bertz CT molecular complexity index is 1720. The smallest absolute Gasteiger partial charge is 0.419 e. The van der Waals surface area contributed by atoms with Gasteiger partial charge in [-0.15, -0.1) is 10.2 Å². The van der Waals surface area contributed by atoms with Crippen LogP contribution in [0.15, 0.2) is 112 Å². The van der Waals surface area contributed by atoms with E-state index in [1.807, 2.05) is 42.5 Å². The first-order valence-electron chi connectivity index (χ1n) is 14.3. The predicted molar refractivity (Wildman–Crippen MR) is 156 cm³/mol. The number of rotatable bonds is 7. The van der Waals surface area contributed by atoms with Crippen LogP contribution in [0.25, 0.3) is 11.1 Å². The standard InChI is InChI=1S/C34H32F3N3O3/c35-34(36,37)29-18-27(13-14-30(29)42-21-24-9-5-2-6-10-24)32-40-39-31(43-32)26-12-11-25-15-16-33(22-41,19-28(25)17-26)38-20-23-7-3-1-4-8-23/h1-11,14,17-18,38,41H,12-13,15-16,19-22H2/t33-/m0/s1. The zero-order valence-electron chi connectivity index (χ0n) is 23.5. The van der Waals surface area contributed by atoms with Crippen molar-refractivity contribution in [3.8, 4) is 0 Å². The number of aliphatic hydroxyl groups excluding tert-OH is 1. The number of aliphatic hydroxyl groups is 1. The van der Waals surface area contributed by atoms with Gasteiger partial charge in [0.25, 0.3) is 0 Å². The van der Waals surface area contributed by atoms with Gasteiger partial charge >= 0.3 is 6.18 Å². The number of allylic oxidation sites excluding steroid dienone is 6. The summed E-state index contributed by atoms with van der Waals surface area (Å²) in [6.07, 6.45) is 5.03. The normalized spacial score (nSPS) is 23.1. The molecule has 1 heterocycles. The molecule has 3 aromatic rings. The Kier molecular flexibility index (Phi) is 8.19. The van der Waals surface area contributed by atoms with Crippen LogP contribution in [0.3, 0.4) is 0 Å². The third kappa shape index (κ3) is 6.58. The molecule has 1 atom stereocenters. The number of halogens is 3. The summed E-state index contributed by atoms with van der Waals surface area (Å²) in [7, 11) is 0. The number of hydrogen-bond acceptors (Lipinski definition) is 6. The lowest BCUT2D eigenvalue weighted by atomic mass is 9.74. The maximum atomic E-state index is 14.0. The van der Waals surface area contributed by atoms with Gasteiger partial charge in [0.05, 0.1) is 12.2 Å². The zero-order chi connectivity index (χ0) is 29.9. The molecular weight excluding hydrogens is 555 g/mol. The van der Waals surface area contributed by atoms with Crippen molar-refractivity contribution in [3.63, 3.8) is 0 Å². The second kappa shape index (κ2) is 12.2. The fourth-order valence-electron chi connectivity index (χ4n) is 5.70. The molecule has 0 bridgehead atoms. The Morgan fingerprint density at radius 2 is 1.51 bits per heavy atom. The maximum absolute atomic E-state index is 14.0. The summed E-state index contributed by atoms with van der Waals surface area (Å²) in [5, 5.41) is 22.2. The van der Waals surface area contributed by atoms with Crippen LogP contribution in [-0.2, 0) is 17.9 Å². The summed E-state index contributed by atoms with van der Waals surface area (Å²) >= 11 is 0. The highest BCUT2D eigenvalue weighted by molar-refractivity contribution is 5.65. The predicted octanol–water partition coefficient (Wildman–Crippen LogP) is 5.33. The number of nitrogens with zero attached hydrogens (tertiary/aromatic N) is 2. The topological polar surface area (TPSA) is 80.4 Å². The van der Waals surface area contributed by atoms with Crippen molar-refractivity contribution in [3.05, 3.63) is 130 Å². The number of aromatic nitrogens is 2. The van der Waals surface area contributed by atoms with Crippen molar-refractivity contribution in [2.45, 2.75) is 57.0 Å². The highest BCUT2D eigenvalue weighted by Crippen LogP contribution is 2.40. The molecule has 3 aliphatic carbocycles. The second-order valence-corrected chi connectivity index (χ2v) is 11.1. The van der Waals surface area contributed by atoms with Crippen LogP contribution in [0, 0.1) is 0 Å². The molecule has 1 fully saturated rings. The maximum Gasteiger partial charge on any atom is 0.419 e. The molecule has 0 unspecified atom stereocenters. The molecule has 6 nitrogen and oxygen atoms in total. The van der Waals surface area contributed by atoms with Gasteiger partial charge in [-0.2, -0.15) is 13.2 Å². The molecule has 6 rings (SSSR count). The lowest BCUT2D eigenvalue weighted by Gasteiger charge is -2.40. The first-order valence-corrected chi connectivity index (χ1v) is 14.3. The van der Waals surface area contributed by atoms with E-state index < -0.39 is 17.3 Å². The number of hydrogen-bond donors (Lipinski definition) is 2. The number of nitrogens with one attached hydrogen (secondary N) is 1. The number of fused-ring (bicyclic) bond motifs is 1. The molecule has 0 spiro atoms. The molecule has 2 N–H and O–H groups in total. The van der Waals surface area contributed by atoms with Gasteiger partial charge in [0.1, 0.15) is 12.4 Å². The quantitative estimate of drug-likeness (QED) is 0.389. The van der Waals surface area contributed by atoms with Crippen LogP contribution in [0.4, 0.5) is 13.2 Å². The summed E-state index contributed by atoms with van der Waals surface area (Å²) in [6, 6.07) is 19.1. The van der Waals surface area contributed by atoms with E-state index in [-0.39, 0.29) is 42.1 Å². The lowest BCUT2D eigenvalue weighted by Crippen LogP contribution is -2.50. The van der Waals surface area contributed by atoms with Crippen molar-refractivity contribution in [2.75, 3.05) is 6.61 Å². The van der Waals surface area contributed by atoms with Gasteiger partial charge < -0.3 is 19.6 Å². The van der Waals surface area contributed by atoms with Crippen molar-refractivity contribution in [1.29, 1.82) is 0 Å². The van der Waals surface area contributed by atoms with Gasteiger partial charge in [0.2, 0.25) is 11.1 Å². The molecule has 1 aromatic heterocycles. The summed E-state index contributed by atoms with van der Waals surface area (Å²) in [5.74, 6) is -0.213. The molecule has 43 heavy (non-hydrogen) atoms. The van der Waals surface area contributed by atoms with E-state index in [0.29, 0.717) is 19.4 Å². The molecule has 3 aliphatic rings. The first kappa shape index (κ1) is 28.9.